The van der Waals surface area contributed by atoms with Gasteiger partial charge in [0, 0.05) is 19.1 Å². The third kappa shape index (κ3) is 4.87. The van der Waals surface area contributed by atoms with Crippen LogP contribution in [0.5, 0.6) is 0 Å². The molecule has 1 aliphatic carbocycles. The number of imide groups is 1. The first-order chi connectivity index (χ1) is 13.3. The number of carbonyl (C=O) groups excluding carboxylic acids is 3. The van der Waals surface area contributed by atoms with Gasteiger partial charge in [-0.1, -0.05) is 0 Å². The normalized spacial score (nSPS) is 18.3. The highest BCUT2D eigenvalue weighted by Gasteiger charge is 2.28. The Bertz CT molecular complexity index is 858. The number of ether oxygens (including phenoxy) is 1. The minimum absolute atomic E-state index is 0.0982. The van der Waals surface area contributed by atoms with Crippen molar-refractivity contribution in [2.24, 2.45) is 0 Å². The molecule has 9 nitrogen and oxygen atoms in total. The minimum Gasteiger partial charge on any atom is -0.449 e. The molecular weight excluding hydrogens is 386 g/mol. The molecule has 0 aromatic heterocycles. The van der Waals surface area contributed by atoms with Gasteiger partial charge in [0.25, 0.3) is 5.91 Å². The molecule has 0 bridgehead atoms. The van der Waals surface area contributed by atoms with Crippen LogP contribution >= 0.6 is 0 Å². The fourth-order valence-electron chi connectivity index (χ4n) is 2.79. The summed E-state index contributed by atoms with van der Waals surface area (Å²) in [6.07, 6.45) is 2.26. The van der Waals surface area contributed by atoms with Gasteiger partial charge in [-0.3, -0.25) is 10.1 Å². The molecule has 0 spiro atoms. The molecule has 10 heteroatoms. The van der Waals surface area contributed by atoms with Crippen molar-refractivity contribution in [3.8, 4) is 0 Å². The van der Waals surface area contributed by atoms with E-state index in [-0.39, 0.29) is 16.5 Å². The molecule has 1 aromatic carbocycles. The van der Waals surface area contributed by atoms with Crippen LogP contribution in [-0.4, -0.2) is 55.9 Å². The van der Waals surface area contributed by atoms with Gasteiger partial charge in [-0.05, 0) is 56.9 Å². The highest BCUT2D eigenvalue weighted by atomic mass is 32.2. The van der Waals surface area contributed by atoms with Crippen LogP contribution in [0.15, 0.2) is 29.2 Å². The summed E-state index contributed by atoms with van der Waals surface area (Å²) in [5.74, 6) is -1.52. The van der Waals surface area contributed by atoms with Gasteiger partial charge in [-0.15, -0.1) is 0 Å². The summed E-state index contributed by atoms with van der Waals surface area (Å²) in [6.45, 7) is 2.34. The van der Waals surface area contributed by atoms with E-state index in [0.29, 0.717) is 13.1 Å². The van der Waals surface area contributed by atoms with Gasteiger partial charge >= 0.3 is 12.0 Å². The Morgan fingerprint density at radius 3 is 2.29 bits per heavy atom. The maximum absolute atomic E-state index is 12.5. The van der Waals surface area contributed by atoms with Gasteiger partial charge < -0.3 is 10.1 Å². The molecule has 3 amide bonds. The number of esters is 1. The summed E-state index contributed by atoms with van der Waals surface area (Å²) in [4.78, 5) is 35.8. The zero-order valence-electron chi connectivity index (χ0n) is 15.5. The molecule has 1 saturated heterocycles. The summed E-state index contributed by atoms with van der Waals surface area (Å²) < 4.78 is 31.4. The summed E-state index contributed by atoms with van der Waals surface area (Å²) in [5.41, 5.74) is 0.113. The lowest BCUT2D eigenvalue weighted by Crippen LogP contribution is -2.45. The Kier molecular flexibility index (Phi) is 5.99. The summed E-state index contributed by atoms with van der Waals surface area (Å²) in [7, 11) is -3.56. The molecule has 152 valence electrons. The van der Waals surface area contributed by atoms with Gasteiger partial charge in [0.05, 0.1) is 10.5 Å². The Morgan fingerprint density at radius 2 is 1.71 bits per heavy atom. The SMILES string of the molecule is CC(OC(=O)c1ccc(S(=O)(=O)N2CCCC2)cc1)C(=O)NC(=O)NC1CC1. The number of nitrogens with one attached hydrogen (secondary N) is 2. The smallest absolute Gasteiger partial charge is 0.338 e. The zero-order valence-corrected chi connectivity index (χ0v) is 16.3. The van der Waals surface area contributed by atoms with Crippen molar-refractivity contribution in [1.82, 2.24) is 14.9 Å². The van der Waals surface area contributed by atoms with Gasteiger partial charge in [-0.2, -0.15) is 4.31 Å². The molecule has 28 heavy (non-hydrogen) atoms. The molecular formula is C18H23N3O6S. The lowest BCUT2D eigenvalue weighted by atomic mass is 10.2. The van der Waals surface area contributed by atoms with Crippen LogP contribution in [0, 0.1) is 0 Å². The number of nitrogens with zero attached hydrogens (tertiary/aromatic N) is 1. The highest BCUT2D eigenvalue weighted by molar-refractivity contribution is 7.89. The molecule has 1 atom stereocenters. The molecule has 1 aromatic rings. The molecule has 3 rings (SSSR count). The van der Waals surface area contributed by atoms with Crippen LogP contribution in [0.4, 0.5) is 4.79 Å². The van der Waals surface area contributed by atoms with Crippen LogP contribution in [0.2, 0.25) is 0 Å². The zero-order chi connectivity index (χ0) is 20.3. The molecule has 2 aliphatic rings. The topological polar surface area (TPSA) is 122 Å². The van der Waals surface area contributed by atoms with Crippen molar-refractivity contribution >= 4 is 27.9 Å². The maximum atomic E-state index is 12.5. The Labute approximate surface area is 163 Å². The van der Waals surface area contributed by atoms with E-state index in [2.05, 4.69) is 10.6 Å². The van der Waals surface area contributed by atoms with Crippen molar-refractivity contribution in [2.75, 3.05) is 13.1 Å². The monoisotopic (exact) mass is 409 g/mol. The van der Waals surface area contributed by atoms with Crippen LogP contribution in [0.1, 0.15) is 43.0 Å². The van der Waals surface area contributed by atoms with E-state index in [1.807, 2.05) is 0 Å². The second kappa shape index (κ2) is 8.27. The predicted octanol–water partition coefficient (Wildman–Crippen LogP) is 1.00. The van der Waals surface area contributed by atoms with E-state index in [1.165, 1.54) is 35.5 Å². The number of amides is 3. The Hall–Kier alpha value is -2.46. The Balaban J connectivity index is 1.56. The average molecular weight is 409 g/mol. The number of benzene rings is 1. The van der Waals surface area contributed by atoms with Crippen molar-refractivity contribution in [2.45, 2.75) is 49.6 Å². The van der Waals surface area contributed by atoms with Gasteiger partial charge in [0.2, 0.25) is 10.0 Å². The third-order valence-corrected chi connectivity index (χ3v) is 6.51. The number of hydrogen-bond donors (Lipinski definition) is 2. The third-order valence-electron chi connectivity index (χ3n) is 4.60. The molecule has 1 unspecified atom stereocenters. The Morgan fingerprint density at radius 1 is 1.11 bits per heavy atom. The molecule has 2 N–H and O–H groups in total. The molecule has 2 fully saturated rings. The summed E-state index contributed by atoms with van der Waals surface area (Å²) in [6, 6.07) is 4.86. The molecule has 1 heterocycles. The van der Waals surface area contributed by atoms with Crippen LogP contribution < -0.4 is 10.6 Å². The van der Waals surface area contributed by atoms with Crippen molar-refractivity contribution in [3.05, 3.63) is 29.8 Å². The van der Waals surface area contributed by atoms with Crippen molar-refractivity contribution < 1.29 is 27.5 Å². The summed E-state index contributed by atoms with van der Waals surface area (Å²) in [5, 5.41) is 4.71. The second-order valence-electron chi connectivity index (χ2n) is 6.92. The van der Waals surface area contributed by atoms with Crippen molar-refractivity contribution in [3.63, 3.8) is 0 Å². The standard InChI is InChI=1S/C18H23N3O6S/c1-12(16(22)20-18(24)19-14-6-7-14)27-17(23)13-4-8-15(9-5-13)28(25,26)21-10-2-3-11-21/h4-5,8-9,12,14H,2-3,6-7,10-11H2,1H3,(H2,19,20,22,24). The largest absolute Gasteiger partial charge is 0.449 e. The van der Waals surface area contributed by atoms with E-state index >= 15 is 0 Å². The number of rotatable bonds is 6. The first-order valence-corrected chi connectivity index (χ1v) is 10.6. The van der Waals surface area contributed by atoms with E-state index in [4.69, 9.17) is 4.74 Å². The molecule has 1 saturated carbocycles. The first-order valence-electron chi connectivity index (χ1n) is 9.20. The van der Waals surface area contributed by atoms with Crippen LogP contribution in [0.25, 0.3) is 0 Å². The average Bonchev–Trinajstić information content (AvgIpc) is 3.28. The van der Waals surface area contributed by atoms with Gasteiger partial charge in [-0.25, -0.2) is 18.0 Å². The van der Waals surface area contributed by atoms with Crippen LogP contribution in [0.3, 0.4) is 0 Å². The summed E-state index contributed by atoms with van der Waals surface area (Å²) >= 11 is 0. The van der Waals surface area contributed by atoms with Crippen molar-refractivity contribution in [1.29, 1.82) is 0 Å². The van der Waals surface area contributed by atoms with Crippen LogP contribution in [-0.2, 0) is 19.6 Å². The molecule has 1 aliphatic heterocycles. The maximum Gasteiger partial charge on any atom is 0.338 e. The van der Waals surface area contributed by atoms with Gasteiger partial charge in [0.15, 0.2) is 6.10 Å². The molecule has 0 radical (unpaired) electrons. The van der Waals surface area contributed by atoms with E-state index in [9.17, 15) is 22.8 Å². The fraction of sp³-hybridized carbons (Fsp3) is 0.500. The lowest BCUT2D eigenvalue weighted by Gasteiger charge is -2.16. The minimum atomic E-state index is -3.56. The number of carbonyl (C=O) groups is 3. The second-order valence-corrected chi connectivity index (χ2v) is 8.86. The lowest BCUT2D eigenvalue weighted by molar-refractivity contribution is -0.127. The number of urea groups is 1. The number of sulfonamides is 1. The quantitative estimate of drug-likeness (QED) is 0.676. The first kappa shape index (κ1) is 20.3. The van der Waals surface area contributed by atoms with E-state index in [0.717, 1.165) is 25.7 Å². The predicted molar refractivity (Wildman–Crippen MR) is 99.0 cm³/mol. The van der Waals surface area contributed by atoms with E-state index < -0.39 is 34.0 Å². The number of hydrogen-bond acceptors (Lipinski definition) is 6. The van der Waals surface area contributed by atoms with E-state index in [1.54, 1.807) is 0 Å². The fourth-order valence-corrected chi connectivity index (χ4v) is 4.30. The highest BCUT2D eigenvalue weighted by Crippen LogP contribution is 2.21. The van der Waals surface area contributed by atoms with Gasteiger partial charge in [0.1, 0.15) is 0 Å².